The first kappa shape index (κ1) is 13.3. The molecule has 0 atom stereocenters. The number of rotatable bonds is 4. The minimum atomic E-state index is 0.297. The molecule has 0 aliphatic rings. The third-order valence-corrected chi connectivity index (χ3v) is 3.54. The Morgan fingerprint density at radius 2 is 2.00 bits per heavy atom. The molecule has 0 amide bonds. The standard InChI is InChI=1S/C13H12BrClN2O/c14-10-4-2-1-3-9(10)8-18-13-6-5-11(15)12(7-16)17-13/h1-6H,7-8,16H2. The normalized spacial score (nSPS) is 10.4. The molecule has 2 rings (SSSR count). The maximum absolute atomic E-state index is 5.93. The molecule has 0 saturated carbocycles. The summed E-state index contributed by atoms with van der Waals surface area (Å²) in [4.78, 5) is 4.24. The molecule has 94 valence electrons. The number of halogens is 2. The summed E-state index contributed by atoms with van der Waals surface area (Å²) in [5.41, 5.74) is 7.24. The summed E-state index contributed by atoms with van der Waals surface area (Å²) in [5.74, 6) is 0.524. The predicted octanol–water partition coefficient (Wildman–Crippen LogP) is 3.54. The predicted molar refractivity (Wildman–Crippen MR) is 75.6 cm³/mol. The van der Waals surface area contributed by atoms with Gasteiger partial charge in [0.25, 0.3) is 0 Å². The summed E-state index contributed by atoms with van der Waals surface area (Å²) < 4.78 is 6.63. The van der Waals surface area contributed by atoms with Crippen molar-refractivity contribution in [3.05, 3.63) is 57.2 Å². The Morgan fingerprint density at radius 3 is 2.72 bits per heavy atom. The molecular weight excluding hydrogens is 316 g/mol. The topological polar surface area (TPSA) is 48.1 Å². The molecule has 0 bridgehead atoms. The molecule has 0 aliphatic carbocycles. The molecule has 0 spiro atoms. The summed E-state index contributed by atoms with van der Waals surface area (Å²) in [6, 6.07) is 11.4. The van der Waals surface area contributed by atoms with Crippen molar-refractivity contribution in [3.8, 4) is 5.88 Å². The number of nitrogens with zero attached hydrogens (tertiary/aromatic N) is 1. The van der Waals surface area contributed by atoms with Crippen LogP contribution in [-0.4, -0.2) is 4.98 Å². The van der Waals surface area contributed by atoms with Gasteiger partial charge in [-0.15, -0.1) is 0 Å². The fraction of sp³-hybridized carbons (Fsp3) is 0.154. The first-order chi connectivity index (χ1) is 8.70. The lowest BCUT2D eigenvalue weighted by molar-refractivity contribution is 0.292. The largest absolute Gasteiger partial charge is 0.473 e. The second-order valence-corrected chi connectivity index (χ2v) is 4.92. The molecule has 5 heteroatoms. The molecule has 1 aromatic heterocycles. The van der Waals surface area contributed by atoms with E-state index in [9.17, 15) is 0 Å². The molecule has 1 aromatic carbocycles. The number of nitrogens with two attached hydrogens (primary N) is 1. The average molecular weight is 328 g/mol. The van der Waals surface area contributed by atoms with Crippen molar-refractivity contribution in [1.29, 1.82) is 0 Å². The van der Waals surface area contributed by atoms with Crippen LogP contribution >= 0.6 is 27.5 Å². The fourth-order valence-corrected chi connectivity index (χ4v) is 2.04. The third-order valence-electron chi connectivity index (χ3n) is 2.42. The van der Waals surface area contributed by atoms with Crippen LogP contribution in [0.2, 0.25) is 5.02 Å². The van der Waals surface area contributed by atoms with Crippen molar-refractivity contribution in [1.82, 2.24) is 4.98 Å². The molecule has 3 nitrogen and oxygen atoms in total. The maximum Gasteiger partial charge on any atom is 0.213 e. The van der Waals surface area contributed by atoms with Gasteiger partial charge in [0.1, 0.15) is 6.61 Å². The van der Waals surface area contributed by atoms with E-state index in [2.05, 4.69) is 20.9 Å². The van der Waals surface area contributed by atoms with Crippen LogP contribution in [0, 0.1) is 0 Å². The summed E-state index contributed by atoms with van der Waals surface area (Å²) >= 11 is 9.40. The number of pyridine rings is 1. The number of aromatic nitrogens is 1. The quantitative estimate of drug-likeness (QED) is 0.934. The molecule has 0 radical (unpaired) electrons. The fourth-order valence-electron chi connectivity index (χ4n) is 1.46. The Bertz CT molecular complexity index is 548. The van der Waals surface area contributed by atoms with Crippen molar-refractivity contribution < 1.29 is 4.74 Å². The van der Waals surface area contributed by atoms with Gasteiger partial charge in [0.15, 0.2) is 0 Å². The van der Waals surface area contributed by atoms with E-state index in [0.29, 0.717) is 29.7 Å². The van der Waals surface area contributed by atoms with Crippen molar-refractivity contribution >= 4 is 27.5 Å². The zero-order valence-corrected chi connectivity index (χ0v) is 11.9. The summed E-state index contributed by atoms with van der Waals surface area (Å²) in [5, 5.41) is 0.561. The van der Waals surface area contributed by atoms with E-state index >= 15 is 0 Å². The van der Waals surface area contributed by atoms with Gasteiger partial charge in [-0.05, 0) is 12.1 Å². The van der Waals surface area contributed by atoms with Crippen LogP contribution in [0.1, 0.15) is 11.3 Å². The SMILES string of the molecule is NCc1nc(OCc2ccccc2Br)ccc1Cl. The summed E-state index contributed by atoms with van der Waals surface area (Å²) in [6.07, 6.45) is 0. The van der Waals surface area contributed by atoms with Gasteiger partial charge in [0.2, 0.25) is 5.88 Å². The van der Waals surface area contributed by atoms with E-state index in [1.54, 1.807) is 12.1 Å². The lowest BCUT2D eigenvalue weighted by atomic mass is 10.2. The molecule has 0 unspecified atom stereocenters. The molecule has 18 heavy (non-hydrogen) atoms. The van der Waals surface area contributed by atoms with E-state index < -0.39 is 0 Å². The van der Waals surface area contributed by atoms with E-state index in [1.165, 1.54) is 0 Å². The highest BCUT2D eigenvalue weighted by atomic mass is 79.9. The second kappa shape index (κ2) is 6.18. The number of hydrogen-bond acceptors (Lipinski definition) is 3. The van der Waals surface area contributed by atoms with Gasteiger partial charge in [-0.3, -0.25) is 0 Å². The second-order valence-electron chi connectivity index (χ2n) is 3.66. The third kappa shape index (κ3) is 3.22. The van der Waals surface area contributed by atoms with Gasteiger partial charge < -0.3 is 10.5 Å². The Balaban J connectivity index is 2.09. The maximum atomic E-state index is 5.93. The van der Waals surface area contributed by atoms with Crippen molar-refractivity contribution in [2.75, 3.05) is 0 Å². The highest BCUT2D eigenvalue weighted by Crippen LogP contribution is 2.20. The molecule has 1 heterocycles. The van der Waals surface area contributed by atoms with Crippen molar-refractivity contribution in [3.63, 3.8) is 0 Å². The summed E-state index contributed by atoms with van der Waals surface area (Å²) in [7, 11) is 0. The van der Waals surface area contributed by atoms with Crippen LogP contribution in [0.3, 0.4) is 0 Å². The van der Waals surface area contributed by atoms with Crippen molar-refractivity contribution in [2.24, 2.45) is 5.73 Å². The van der Waals surface area contributed by atoms with Gasteiger partial charge in [-0.25, -0.2) is 4.98 Å². The van der Waals surface area contributed by atoms with Crippen LogP contribution in [0.25, 0.3) is 0 Å². The molecule has 0 aliphatic heterocycles. The molecular formula is C13H12BrClN2O. The minimum absolute atomic E-state index is 0.297. The van der Waals surface area contributed by atoms with Crippen LogP contribution in [0.4, 0.5) is 0 Å². The molecule has 0 saturated heterocycles. The van der Waals surface area contributed by atoms with Crippen molar-refractivity contribution in [2.45, 2.75) is 13.2 Å². The van der Waals surface area contributed by atoms with E-state index in [0.717, 1.165) is 10.0 Å². The lowest BCUT2D eigenvalue weighted by Gasteiger charge is -2.08. The highest BCUT2D eigenvalue weighted by molar-refractivity contribution is 9.10. The Kier molecular flexibility index (Phi) is 4.58. The molecule has 2 N–H and O–H groups in total. The van der Waals surface area contributed by atoms with E-state index in [4.69, 9.17) is 22.1 Å². The summed E-state index contributed by atoms with van der Waals surface area (Å²) in [6.45, 7) is 0.741. The smallest absolute Gasteiger partial charge is 0.213 e. The number of ether oxygens (including phenoxy) is 1. The van der Waals surface area contributed by atoms with E-state index in [-0.39, 0.29) is 0 Å². The Morgan fingerprint density at radius 1 is 1.22 bits per heavy atom. The van der Waals surface area contributed by atoms with Crippen LogP contribution < -0.4 is 10.5 Å². The number of hydrogen-bond donors (Lipinski definition) is 1. The first-order valence-corrected chi connectivity index (χ1v) is 6.59. The van der Waals surface area contributed by atoms with Crippen LogP contribution in [0.5, 0.6) is 5.88 Å². The van der Waals surface area contributed by atoms with Gasteiger partial charge in [-0.2, -0.15) is 0 Å². The molecule has 0 fully saturated rings. The van der Waals surface area contributed by atoms with E-state index in [1.807, 2.05) is 24.3 Å². The molecule has 2 aromatic rings. The number of benzene rings is 1. The zero-order valence-electron chi connectivity index (χ0n) is 9.57. The Hall–Kier alpha value is -1.10. The van der Waals surface area contributed by atoms with Gasteiger partial charge in [0.05, 0.1) is 10.7 Å². The minimum Gasteiger partial charge on any atom is -0.473 e. The average Bonchev–Trinajstić information content (AvgIpc) is 2.39. The van der Waals surface area contributed by atoms with Gasteiger partial charge in [-0.1, -0.05) is 45.7 Å². The van der Waals surface area contributed by atoms with Crippen LogP contribution in [-0.2, 0) is 13.2 Å². The van der Waals surface area contributed by atoms with Gasteiger partial charge in [0, 0.05) is 22.6 Å². The monoisotopic (exact) mass is 326 g/mol. The van der Waals surface area contributed by atoms with Crippen LogP contribution in [0.15, 0.2) is 40.9 Å². The lowest BCUT2D eigenvalue weighted by Crippen LogP contribution is -2.03. The highest BCUT2D eigenvalue weighted by Gasteiger charge is 2.04. The zero-order chi connectivity index (χ0) is 13.0. The van der Waals surface area contributed by atoms with Gasteiger partial charge >= 0.3 is 0 Å². The Labute approximate surface area is 119 Å². The first-order valence-electron chi connectivity index (χ1n) is 5.42.